The zero-order chi connectivity index (χ0) is 18.8. The van der Waals surface area contributed by atoms with Crippen LogP contribution in [0.4, 0.5) is 14.5 Å². The van der Waals surface area contributed by atoms with Crippen molar-refractivity contribution in [3.05, 3.63) is 83.7 Å². The van der Waals surface area contributed by atoms with E-state index < -0.39 is 11.6 Å². The number of rotatable bonds is 4. The fraction of sp³-hybridized carbons (Fsp3) is 0.182. The summed E-state index contributed by atoms with van der Waals surface area (Å²) in [6, 6.07) is 13.3. The first-order valence-corrected chi connectivity index (χ1v) is 8.96. The second kappa shape index (κ2) is 7.37. The van der Waals surface area contributed by atoms with E-state index in [4.69, 9.17) is 4.99 Å². The van der Waals surface area contributed by atoms with Crippen LogP contribution in [-0.4, -0.2) is 17.2 Å². The van der Waals surface area contributed by atoms with Gasteiger partial charge in [-0.2, -0.15) is 0 Å². The van der Waals surface area contributed by atoms with Crippen LogP contribution >= 0.6 is 0 Å². The van der Waals surface area contributed by atoms with E-state index in [1.807, 2.05) is 36.5 Å². The normalized spacial score (nSPS) is 16.0. The van der Waals surface area contributed by atoms with Gasteiger partial charge in [0.15, 0.2) is 0 Å². The first-order chi connectivity index (χ1) is 13.2. The minimum Gasteiger partial charge on any atom is -0.310 e. The van der Waals surface area contributed by atoms with Crippen molar-refractivity contribution in [3.63, 3.8) is 0 Å². The van der Waals surface area contributed by atoms with Gasteiger partial charge in [0, 0.05) is 42.0 Å². The van der Waals surface area contributed by atoms with Crippen molar-refractivity contribution in [1.82, 2.24) is 10.3 Å². The number of nitrogens with zero attached hydrogens (tertiary/aromatic N) is 2. The summed E-state index contributed by atoms with van der Waals surface area (Å²) in [5.74, 6) is -1.14. The Morgan fingerprint density at radius 3 is 2.70 bits per heavy atom. The van der Waals surface area contributed by atoms with E-state index in [1.54, 1.807) is 6.20 Å². The Balaban J connectivity index is 1.79. The summed E-state index contributed by atoms with van der Waals surface area (Å²) in [5.41, 5.74) is 4.95. The average molecular weight is 363 g/mol. The van der Waals surface area contributed by atoms with Crippen molar-refractivity contribution in [2.45, 2.75) is 19.4 Å². The molecule has 0 aliphatic carbocycles. The van der Waals surface area contributed by atoms with Gasteiger partial charge >= 0.3 is 0 Å². The summed E-state index contributed by atoms with van der Waals surface area (Å²) >= 11 is 0. The predicted molar refractivity (Wildman–Crippen MR) is 103 cm³/mol. The van der Waals surface area contributed by atoms with Gasteiger partial charge in [-0.1, -0.05) is 19.1 Å². The Morgan fingerprint density at radius 1 is 1.07 bits per heavy atom. The topological polar surface area (TPSA) is 37.3 Å². The molecule has 0 spiro atoms. The lowest BCUT2D eigenvalue weighted by atomic mass is 9.90. The minimum atomic E-state index is -0.578. The van der Waals surface area contributed by atoms with E-state index >= 15 is 0 Å². The third kappa shape index (κ3) is 3.51. The number of hydrogen-bond acceptors (Lipinski definition) is 3. The summed E-state index contributed by atoms with van der Waals surface area (Å²) in [6.07, 6.45) is 4.28. The van der Waals surface area contributed by atoms with E-state index in [0.717, 1.165) is 41.6 Å². The Kier molecular flexibility index (Phi) is 4.77. The number of aliphatic imine (C=N–C) groups is 1. The molecule has 1 aliphatic heterocycles. The van der Waals surface area contributed by atoms with Gasteiger partial charge in [0.05, 0.1) is 11.4 Å². The van der Waals surface area contributed by atoms with Gasteiger partial charge in [-0.25, -0.2) is 8.78 Å². The molecule has 0 radical (unpaired) electrons. The highest BCUT2D eigenvalue weighted by molar-refractivity contribution is 6.03. The molecular weight excluding hydrogens is 344 g/mol. The number of halogens is 2. The number of fused-ring (bicyclic) bond motifs is 1. The van der Waals surface area contributed by atoms with Gasteiger partial charge in [0.1, 0.15) is 11.6 Å². The van der Waals surface area contributed by atoms with Crippen LogP contribution < -0.4 is 5.32 Å². The molecule has 1 aromatic heterocycles. The maximum Gasteiger partial charge on any atom is 0.133 e. The molecule has 27 heavy (non-hydrogen) atoms. The molecule has 5 heteroatoms. The Hall–Kier alpha value is -2.92. The fourth-order valence-electron chi connectivity index (χ4n) is 3.47. The molecule has 2 heterocycles. The molecule has 0 saturated heterocycles. The molecule has 0 saturated carbocycles. The van der Waals surface area contributed by atoms with E-state index in [-0.39, 0.29) is 6.04 Å². The van der Waals surface area contributed by atoms with Gasteiger partial charge in [-0.05, 0) is 48.0 Å². The van der Waals surface area contributed by atoms with Crippen molar-refractivity contribution in [3.8, 4) is 11.1 Å². The zero-order valence-electron chi connectivity index (χ0n) is 14.9. The van der Waals surface area contributed by atoms with Gasteiger partial charge in [0.25, 0.3) is 0 Å². The first kappa shape index (κ1) is 17.5. The lowest BCUT2D eigenvalue weighted by Gasteiger charge is -2.26. The zero-order valence-corrected chi connectivity index (χ0v) is 14.9. The summed E-state index contributed by atoms with van der Waals surface area (Å²) in [7, 11) is 0. The van der Waals surface area contributed by atoms with Crippen LogP contribution in [0.3, 0.4) is 0 Å². The van der Waals surface area contributed by atoms with Crippen LogP contribution in [-0.2, 0) is 0 Å². The summed E-state index contributed by atoms with van der Waals surface area (Å²) in [4.78, 5) is 8.99. The molecule has 136 valence electrons. The van der Waals surface area contributed by atoms with Gasteiger partial charge in [0.2, 0.25) is 0 Å². The lowest BCUT2D eigenvalue weighted by molar-refractivity contribution is 0.566. The third-order valence-electron chi connectivity index (χ3n) is 4.74. The number of hydrogen-bond donors (Lipinski definition) is 1. The molecule has 3 nitrogen and oxygen atoms in total. The van der Waals surface area contributed by atoms with Crippen LogP contribution in [0, 0.1) is 11.6 Å². The van der Waals surface area contributed by atoms with Gasteiger partial charge in [-0.3, -0.25) is 9.98 Å². The molecule has 0 fully saturated rings. The highest BCUT2D eigenvalue weighted by Crippen LogP contribution is 2.37. The quantitative estimate of drug-likeness (QED) is 0.692. The standard InChI is InChI=1S/C22H19F2N3/c1-2-26-22-12-21(15-4-3-9-25-13-15)27-20-8-5-14(10-18(20)22)17-7-6-16(23)11-19(17)24/h3-11,13,22,26H,2,12H2,1H3. The van der Waals surface area contributed by atoms with E-state index in [2.05, 4.69) is 17.2 Å². The molecule has 1 unspecified atom stereocenters. The van der Waals surface area contributed by atoms with Crippen molar-refractivity contribution >= 4 is 11.4 Å². The second-order valence-electron chi connectivity index (χ2n) is 6.51. The molecule has 1 atom stereocenters. The Morgan fingerprint density at radius 2 is 1.96 bits per heavy atom. The molecule has 1 N–H and O–H groups in total. The average Bonchev–Trinajstić information content (AvgIpc) is 2.68. The molecule has 2 aromatic carbocycles. The number of nitrogens with one attached hydrogen (secondary N) is 1. The van der Waals surface area contributed by atoms with Gasteiger partial charge < -0.3 is 5.32 Å². The maximum atomic E-state index is 14.2. The van der Waals surface area contributed by atoms with E-state index in [1.165, 1.54) is 12.1 Å². The molecule has 0 amide bonds. The van der Waals surface area contributed by atoms with E-state index in [0.29, 0.717) is 11.1 Å². The van der Waals surface area contributed by atoms with Crippen LogP contribution in [0.5, 0.6) is 0 Å². The second-order valence-corrected chi connectivity index (χ2v) is 6.51. The van der Waals surface area contributed by atoms with Crippen LogP contribution in [0.25, 0.3) is 11.1 Å². The highest BCUT2D eigenvalue weighted by atomic mass is 19.1. The predicted octanol–water partition coefficient (Wildman–Crippen LogP) is 5.20. The Bertz CT molecular complexity index is 1000. The first-order valence-electron chi connectivity index (χ1n) is 8.96. The smallest absolute Gasteiger partial charge is 0.133 e. The molecule has 1 aliphatic rings. The Labute approximate surface area is 156 Å². The van der Waals surface area contributed by atoms with Crippen LogP contribution in [0.15, 0.2) is 65.9 Å². The van der Waals surface area contributed by atoms with Crippen molar-refractivity contribution in [2.75, 3.05) is 6.54 Å². The largest absolute Gasteiger partial charge is 0.310 e. The lowest BCUT2D eigenvalue weighted by Crippen LogP contribution is -2.26. The van der Waals surface area contributed by atoms with Crippen molar-refractivity contribution in [1.29, 1.82) is 0 Å². The maximum absolute atomic E-state index is 14.2. The monoisotopic (exact) mass is 363 g/mol. The van der Waals surface area contributed by atoms with Crippen LogP contribution in [0.2, 0.25) is 0 Å². The number of aromatic nitrogens is 1. The molecule has 4 rings (SSSR count). The third-order valence-corrected chi connectivity index (χ3v) is 4.74. The van der Waals surface area contributed by atoms with Crippen molar-refractivity contribution in [2.24, 2.45) is 4.99 Å². The fourth-order valence-corrected chi connectivity index (χ4v) is 3.47. The summed E-state index contributed by atoms with van der Waals surface area (Å²) in [5, 5.41) is 3.49. The molecule has 0 bridgehead atoms. The highest BCUT2D eigenvalue weighted by Gasteiger charge is 2.24. The number of benzene rings is 2. The van der Waals surface area contributed by atoms with Crippen LogP contribution in [0.1, 0.15) is 30.5 Å². The number of pyridine rings is 1. The minimum absolute atomic E-state index is 0.0705. The SMILES string of the molecule is CCNC1CC(c2cccnc2)=Nc2ccc(-c3ccc(F)cc3F)cc21. The molecule has 3 aromatic rings. The summed E-state index contributed by atoms with van der Waals surface area (Å²) < 4.78 is 27.4. The van der Waals surface area contributed by atoms with Crippen molar-refractivity contribution < 1.29 is 8.78 Å². The summed E-state index contributed by atoms with van der Waals surface area (Å²) in [6.45, 7) is 2.86. The molecular formula is C22H19F2N3. The van der Waals surface area contributed by atoms with Gasteiger partial charge in [-0.15, -0.1) is 0 Å². The van der Waals surface area contributed by atoms with E-state index in [9.17, 15) is 8.78 Å².